The molecule has 2 fully saturated rings. The number of rotatable bonds is 5. The number of benzene rings is 1. The van der Waals surface area contributed by atoms with E-state index in [1.165, 1.54) is 0 Å². The first-order chi connectivity index (χ1) is 13.7. The second-order valence-corrected chi connectivity index (χ2v) is 9.34. The Kier molecular flexibility index (Phi) is 6.85. The number of carbonyl (C=O) groups is 1. The number of alkyl halides is 3. The summed E-state index contributed by atoms with van der Waals surface area (Å²) in [7, 11) is -4.16. The van der Waals surface area contributed by atoms with Crippen molar-refractivity contribution in [3.63, 3.8) is 0 Å². The molecule has 29 heavy (non-hydrogen) atoms. The lowest BCUT2D eigenvalue weighted by atomic mass is 9.78. The molecular weight excluding hydrogens is 407 g/mol. The standard InChI is InChI=1S/C19H26F3N3O3S/c20-19(21,22)17-9-5-4-8-16(17)18(26)23-29(27,28)25-12-10-24(11-13-25)14-15-6-2-1-3-7-15/h1-3,6-7,16-17H,4-5,8-14H2,(H,23,26). The van der Waals surface area contributed by atoms with Crippen LogP contribution in [0.25, 0.3) is 0 Å². The van der Waals surface area contributed by atoms with Crippen molar-refractivity contribution in [2.75, 3.05) is 26.2 Å². The van der Waals surface area contributed by atoms with Gasteiger partial charge in [-0.1, -0.05) is 43.2 Å². The highest BCUT2D eigenvalue weighted by Gasteiger charge is 2.48. The Bertz CT molecular complexity index is 794. The molecule has 1 aliphatic heterocycles. The maximum Gasteiger partial charge on any atom is 0.392 e. The molecule has 0 spiro atoms. The Hall–Kier alpha value is -1.65. The lowest BCUT2D eigenvalue weighted by Gasteiger charge is -2.35. The van der Waals surface area contributed by atoms with Gasteiger partial charge in [0.05, 0.1) is 11.8 Å². The van der Waals surface area contributed by atoms with Crippen molar-refractivity contribution in [2.24, 2.45) is 11.8 Å². The molecule has 0 radical (unpaired) electrons. The van der Waals surface area contributed by atoms with Gasteiger partial charge in [0.1, 0.15) is 0 Å². The second kappa shape index (κ2) is 9.01. The van der Waals surface area contributed by atoms with E-state index in [4.69, 9.17) is 0 Å². The van der Waals surface area contributed by atoms with Crippen LogP contribution in [0.5, 0.6) is 0 Å². The zero-order valence-electron chi connectivity index (χ0n) is 16.1. The molecule has 1 aliphatic carbocycles. The number of hydrogen-bond acceptors (Lipinski definition) is 4. The van der Waals surface area contributed by atoms with Crippen LogP contribution in [0.15, 0.2) is 30.3 Å². The molecule has 1 aromatic carbocycles. The normalized spacial score (nSPS) is 24.9. The molecule has 0 aromatic heterocycles. The third-order valence-corrected chi connectivity index (χ3v) is 7.18. The van der Waals surface area contributed by atoms with Gasteiger partial charge in [-0.25, -0.2) is 4.72 Å². The molecule has 1 saturated heterocycles. The van der Waals surface area contributed by atoms with Gasteiger partial charge in [0.15, 0.2) is 0 Å². The third-order valence-electron chi connectivity index (χ3n) is 5.67. The summed E-state index contributed by atoms with van der Waals surface area (Å²) in [5, 5.41) is 0. The number of piperazine rings is 1. The highest BCUT2D eigenvalue weighted by Crippen LogP contribution is 2.41. The minimum absolute atomic E-state index is 0.0520. The van der Waals surface area contributed by atoms with Crippen molar-refractivity contribution < 1.29 is 26.4 Å². The highest BCUT2D eigenvalue weighted by molar-refractivity contribution is 7.87. The lowest BCUT2D eigenvalue weighted by molar-refractivity contribution is -0.197. The largest absolute Gasteiger partial charge is 0.392 e. The fraction of sp³-hybridized carbons (Fsp3) is 0.632. The monoisotopic (exact) mass is 433 g/mol. The first-order valence-corrected chi connectivity index (χ1v) is 11.3. The van der Waals surface area contributed by atoms with E-state index in [-0.39, 0.29) is 25.9 Å². The summed E-state index contributed by atoms with van der Waals surface area (Å²) < 4.78 is 67.8. The van der Waals surface area contributed by atoms with Crippen LogP contribution in [0.2, 0.25) is 0 Å². The number of carbonyl (C=O) groups excluding carboxylic acids is 1. The average Bonchev–Trinajstić information content (AvgIpc) is 2.68. The minimum atomic E-state index is -4.50. The number of halogens is 3. The van der Waals surface area contributed by atoms with E-state index in [1.807, 2.05) is 35.1 Å². The van der Waals surface area contributed by atoms with E-state index in [9.17, 15) is 26.4 Å². The van der Waals surface area contributed by atoms with Gasteiger partial charge in [0.25, 0.3) is 0 Å². The fourth-order valence-corrected chi connectivity index (χ4v) is 5.25. The Morgan fingerprint density at radius 1 is 1.03 bits per heavy atom. The van der Waals surface area contributed by atoms with E-state index in [2.05, 4.69) is 4.90 Å². The molecule has 2 unspecified atom stereocenters. The minimum Gasteiger partial charge on any atom is -0.296 e. The molecule has 1 N–H and O–H groups in total. The van der Waals surface area contributed by atoms with Gasteiger partial charge in [-0.3, -0.25) is 9.69 Å². The predicted octanol–water partition coefficient (Wildman–Crippen LogP) is 2.53. The number of nitrogens with zero attached hydrogens (tertiary/aromatic N) is 2. The van der Waals surface area contributed by atoms with Crippen LogP contribution in [-0.4, -0.2) is 55.9 Å². The SMILES string of the molecule is O=C(NS(=O)(=O)N1CCN(Cc2ccccc2)CC1)C1CCCCC1C(F)(F)F. The molecule has 1 amide bonds. The van der Waals surface area contributed by atoms with E-state index in [1.54, 1.807) is 0 Å². The van der Waals surface area contributed by atoms with E-state index in [0.29, 0.717) is 32.5 Å². The molecule has 2 atom stereocenters. The maximum absolute atomic E-state index is 13.2. The van der Waals surface area contributed by atoms with Crippen molar-refractivity contribution >= 4 is 16.1 Å². The molecule has 162 valence electrons. The van der Waals surface area contributed by atoms with Crippen molar-refractivity contribution in [3.05, 3.63) is 35.9 Å². The average molecular weight is 433 g/mol. The predicted molar refractivity (Wildman–Crippen MR) is 102 cm³/mol. The van der Waals surface area contributed by atoms with Crippen molar-refractivity contribution in [1.82, 2.24) is 13.9 Å². The first kappa shape index (κ1) is 22.0. The van der Waals surface area contributed by atoms with Crippen LogP contribution in [0.3, 0.4) is 0 Å². The molecule has 10 heteroatoms. The summed E-state index contributed by atoms with van der Waals surface area (Å²) in [6.07, 6.45) is -3.71. The zero-order chi connectivity index (χ0) is 21.1. The van der Waals surface area contributed by atoms with Gasteiger partial charge >= 0.3 is 16.4 Å². The van der Waals surface area contributed by atoms with Crippen LogP contribution in [-0.2, 0) is 21.5 Å². The number of hydrogen-bond donors (Lipinski definition) is 1. The third kappa shape index (κ3) is 5.70. The molecule has 1 saturated carbocycles. The van der Waals surface area contributed by atoms with Gasteiger partial charge in [-0.2, -0.15) is 25.9 Å². The van der Waals surface area contributed by atoms with Crippen LogP contribution in [0, 0.1) is 11.8 Å². The van der Waals surface area contributed by atoms with E-state index < -0.39 is 34.1 Å². The van der Waals surface area contributed by atoms with Gasteiger partial charge in [-0.15, -0.1) is 0 Å². The van der Waals surface area contributed by atoms with Crippen LogP contribution >= 0.6 is 0 Å². The van der Waals surface area contributed by atoms with Crippen LogP contribution in [0.1, 0.15) is 31.2 Å². The topological polar surface area (TPSA) is 69.7 Å². The number of nitrogens with one attached hydrogen (secondary N) is 1. The van der Waals surface area contributed by atoms with Crippen molar-refractivity contribution in [3.8, 4) is 0 Å². The summed E-state index contributed by atoms with van der Waals surface area (Å²) in [6.45, 7) is 2.03. The van der Waals surface area contributed by atoms with Crippen molar-refractivity contribution in [2.45, 2.75) is 38.4 Å². The van der Waals surface area contributed by atoms with Gasteiger partial charge in [0.2, 0.25) is 5.91 Å². The fourth-order valence-electron chi connectivity index (χ4n) is 4.07. The summed E-state index contributed by atoms with van der Waals surface area (Å²) in [4.78, 5) is 14.5. The van der Waals surface area contributed by atoms with E-state index >= 15 is 0 Å². The summed E-state index contributed by atoms with van der Waals surface area (Å²) in [5.74, 6) is -4.18. The summed E-state index contributed by atoms with van der Waals surface area (Å²) in [5.41, 5.74) is 1.12. The highest BCUT2D eigenvalue weighted by atomic mass is 32.2. The first-order valence-electron chi connectivity index (χ1n) is 9.81. The molecule has 3 rings (SSSR count). The Balaban J connectivity index is 1.56. The zero-order valence-corrected chi connectivity index (χ0v) is 16.9. The molecule has 2 aliphatic rings. The Morgan fingerprint density at radius 2 is 1.66 bits per heavy atom. The smallest absolute Gasteiger partial charge is 0.296 e. The Labute approximate surface area is 169 Å². The van der Waals surface area contributed by atoms with Gasteiger partial charge < -0.3 is 0 Å². The lowest BCUT2D eigenvalue weighted by Crippen LogP contribution is -2.54. The summed E-state index contributed by atoms with van der Waals surface area (Å²) >= 11 is 0. The second-order valence-electron chi connectivity index (χ2n) is 7.67. The van der Waals surface area contributed by atoms with Crippen LogP contribution in [0.4, 0.5) is 13.2 Å². The Morgan fingerprint density at radius 3 is 2.28 bits per heavy atom. The van der Waals surface area contributed by atoms with Gasteiger partial charge in [-0.05, 0) is 18.4 Å². The molecule has 0 bridgehead atoms. The maximum atomic E-state index is 13.2. The van der Waals surface area contributed by atoms with Crippen LogP contribution < -0.4 is 4.72 Å². The molecule has 1 aromatic rings. The quantitative estimate of drug-likeness (QED) is 0.775. The molecular formula is C19H26F3N3O3S. The summed E-state index contributed by atoms with van der Waals surface area (Å²) in [6, 6.07) is 9.78. The molecule has 6 nitrogen and oxygen atoms in total. The van der Waals surface area contributed by atoms with Crippen molar-refractivity contribution in [1.29, 1.82) is 0 Å². The molecule has 1 heterocycles. The van der Waals surface area contributed by atoms with Gasteiger partial charge in [0, 0.05) is 32.7 Å². The number of amides is 1. The van der Waals surface area contributed by atoms with E-state index in [0.717, 1.165) is 9.87 Å².